The van der Waals surface area contributed by atoms with Gasteiger partial charge < -0.3 is 9.73 Å². The number of nitrogens with zero attached hydrogens (tertiary/aromatic N) is 1. The molecule has 4 aromatic rings. The zero-order chi connectivity index (χ0) is 29.6. The van der Waals surface area contributed by atoms with E-state index < -0.39 is 9.05 Å². The maximum absolute atomic E-state index is 12.7. The fourth-order valence-electron chi connectivity index (χ4n) is 5.47. The van der Waals surface area contributed by atoms with E-state index in [1.165, 1.54) is 6.07 Å². The molecule has 1 aliphatic carbocycles. The molecule has 0 fully saturated rings. The van der Waals surface area contributed by atoms with Gasteiger partial charge in [0.25, 0.3) is 9.05 Å². The van der Waals surface area contributed by atoms with Crippen molar-refractivity contribution in [3.8, 4) is 22.5 Å². The number of para-hydroxylation sites is 2. The van der Waals surface area contributed by atoms with E-state index in [9.17, 15) is 8.42 Å². The maximum Gasteiger partial charge on any atom is 0.261 e. The van der Waals surface area contributed by atoms with E-state index in [0.29, 0.717) is 16.9 Å². The predicted octanol–water partition coefficient (Wildman–Crippen LogP) is 9.34. The highest BCUT2D eigenvalue weighted by atomic mass is 35.7. The van der Waals surface area contributed by atoms with Crippen LogP contribution in [-0.4, -0.2) is 8.42 Å². The van der Waals surface area contributed by atoms with Crippen LogP contribution in [0.3, 0.4) is 0 Å². The molecule has 0 saturated heterocycles. The topological polar surface area (TPSA) is 71.7 Å². The average Bonchev–Trinajstić information content (AvgIpc) is 2.95. The standard InChI is InChI=1S/C35H29ClN2O3S/c1-21-9-7-10-22(2)34(21)37-25-15-17-27-30(19-25)41-31-20-26(38-35-23(3)11-8-12-24(35)4)16-18-28(31)33(27)29-13-5-6-14-32(29)42(36,39)40/h5-20,37H,1-4H3/b38-26+. The Morgan fingerprint density at radius 3 is 2.07 bits per heavy atom. The van der Waals surface area contributed by atoms with Crippen LogP contribution in [0.4, 0.5) is 17.1 Å². The van der Waals surface area contributed by atoms with E-state index in [1.54, 1.807) is 12.1 Å². The van der Waals surface area contributed by atoms with Crippen molar-refractivity contribution in [2.24, 2.45) is 4.99 Å². The molecule has 4 aromatic carbocycles. The van der Waals surface area contributed by atoms with Crippen LogP contribution in [0.5, 0.6) is 0 Å². The monoisotopic (exact) mass is 592 g/mol. The summed E-state index contributed by atoms with van der Waals surface area (Å²) in [5, 5.41) is 5.04. The summed E-state index contributed by atoms with van der Waals surface area (Å²) in [7, 11) is 1.91. The van der Waals surface area contributed by atoms with Crippen molar-refractivity contribution in [2.75, 3.05) is 5.32 Å². The van der Waals surface area contributed by atoms with Gasteiger partial charge in [-0.25, -0.2) is 13.4 Å². The summed E-state index contributed by atoms with van der Waals surface area (Å²) in [4.78, 5) is 4.98. The fraction of sp³-hybridized carbons (Fsp3) is 0.114. The number of aryl methyl sites for hydroxylation is 4. The smallest absolute Gasteiger partial charge is 0.261 e. The summed E-state index contributed by atoms with van der Waals surface area (Å²) >= 11 is 0. The van der Waals surface area contributed by atoms with Crippen LogP contribution in [0.25, 0.3) is 33.4 Å². The number of hydrogen-bond donors (Lipinski definition) is 1. The number of fused-ring (bicyclic) bond motifs is 2. The third-order valence-corrected chi connectivity index (χ3v) is 8.94. The quantitative estimate of drug-likeness (QED) is 0.160. The molecule has 0 spiro atoms. The van der Waals surface area contributed by atoms with E-state index in [0.717, 1.165) is 61.2 Å². The Labute approximate surface area is 249 Å². The van der Waals surface area contributed by atoms with Crippen LogP contribution in [0.2, 0.25) is 0 Å². The van der Waals surface area contributed by atoms with Crippen LogP contribution in [-0.2, 0) is 9.05 Å². The summed E-state index contributed by atoms with van der Waals surface area (Å²) in [5.74, 6) is 0.580. The molecule has 0 unspecified atom stereocenters. The lowest BCUT2D eigenvalue weighted by Gasteiger charge is -2.18. The first kappa shape index (κ1) is 27.8. The number of anilines is 2. The predicted molar refractivity (Wildman–Crippen MR) is 172 cm³/mol. The van der Waals surface area contributed by atoms with Gasteiger partial charge in [-0.1, -0.05) is 54.6 Å². The lowest BCUT2D eigenvalue weighted by molar-refractivity contribution is 0.609. The van der Waals surface area contributed by atoms with Gasteiger partial charge in [-0.05, 0) is 80.3 Å². The molecule has 1 heterocycles. The third kappa shape index (κ3) is 5.20. The average molecular weight is 593 g/mol. The molecule has 1 N–H and O–H groups in total. The molecule has 0 bridgehead atoms. The molecule has 210 valence electrons. The molecule has 0 atom stereocenters. The number of benzene rings is 5. The van der Waals surface area contributed by atoms with Crippen LogP contribution in [0, 0.1) is 27.7 Å². The Bertz CT molecular complexity index is 2110. The second kappa shape index (κ2) is 10.8. The van der Waals surface area contributed by atoms with Crippen LogP contribution in [0.1, 0.15) is 22.3 Å². The Hall–Kier alpha value is -4.39. The SMILES string of the molecule is Cc1cccc(C)c1/N=c1\ccc2c(-c3ccccc3S(=O)(=O)Cl)c3ccc(Nc4c(C)cccc4C)cc3oc-2c1. The molecule has 0 aromatic heterocycles. The lowest BCUT2D eigenvalue weighted by atomic mass is 9.93. The first-order valence-electron chi connectivity index (χ1n) is 13.6. The van der Waals surface area contributed by atoms with Gasteiger partial charge in [-0.3, -0.25) is 0 Å². The Morgan fingerprint density at radius 1 is 0.714 bits per heavy atom. The summed E-state index contributed by atoms with van der Waals surface area (Å²) in [5.41, 5.74) is 9.80. The van der Waals surface area contributed by atoms with Crippen molar-refractivity contribution in [1.29, 1.82) is 0 Å². The number of hydrogen-bond acceptors (Lipinski definition) is 5. The van der Waals surface area contributed by atoms with Gasteiger partial charge in [0.15, 0.2) is 0 Å². The van der Waals surface area contributed by atoms with E-state index >= 15 is 0 Å². The molecule has 0 radical (unpaired) electrons. The van der Waals surface area contributed by atoms with Gasteiger partial charge >= 0.3 is 0 Å². The van der Waals surface area contributed by atoms with E-state index in [4.69, 9.17) is 20.1 Å². The summed E-state index contributed by atoms with van der Waals surface area (Å²) in [6.45, 7) is 8.21. The van der Waals surface area contributed by atoms with Gasteiger partial charge in [0.1, 0.15) is 11.3 Å². The molecular formula is C35H29ClN2O3S. The third-order valence-electron chi connectivity index (χ3n) is 7.56. The molecule has 1 aliphatic heterocycles. The van der Waals surface area contributed by atoms with Crippen LogP contribution in [0.15, 0.2) is 111 Å². The normalized spacial score (nSPS) is 12.3. The molecule has 2 aliphatic rings. The van der Waals surface area contributed by atoms with Crippen molar-refractivity contribution >= 4 is 47.8 Å². The molecule has 0 saturated carbocycles. The summed E-state index contributed by atoms with van der Waals surface area (Å²) in [6, 6.07) is 30.7. The van der Waals surface area contributed by atoms with Gasteiger partial charge in [0, 0.05) is 56.3 Å². The van der Waals surface area contributed by atoms with Crippen LogP contribution >= 0.6 is 10.7 Å². The second-order valence-corrected chi connectivity index (χ2v) is 13.1. The zero-order valence-corrected chi connectivity index (χ0v) is 25.3. The van der Waals surface area contributed by atoms with E-state index in [1.807, 2.05) is 80.6 Å². The minimum atomic E-state index is -4.02. The van der Waals surface area contributed by atoms with Crippen molar-refractivity contribution in [3.05, 3.63) is 125 Å². The Morgan fingerprint density at radius 2 is 1.38 bits per heavy atom. The van der Waals surface area contributed by atoms with E-state index in [2.05, 4.69) is 31.3 Å². The highest BCUT2D eigenvalue weighted by molar-refractivity contribution is 8.13. The van der Waals surface area contributed by atoms with Gasteiger partial charge in [0.05, 0.1) is 15.9 Å². The first-order valence-corrected chi connectivity index (χ1v) is 15.9. The minimum absolute atomic E-state index is 0.0440. The fourth-order valence-corrected chi connectivity index (χ4v) is 6.55. The summed E-state index contributed by atoms with van der Waals surface area (Å²) in [6.07, 6.45) is 0. The molecule has 0 amide bonds. The largest absolute Gasteiger partial charge is 0.456 e. The van der Waals surface area contributed by atoms with Crippen molar-refractivity contribution in [1.82, 2.24) is 0 Å². The van der Waals surface area contributed by atoms with Gasteiger partial charge in [-0.2, -0.15) is 0 Å². The second-order valence-electron chi connectivity index (χ2n) is 10.5. The lowest BCUT2D eigenvalue weighted by Crippen LogP contribution is -2.04. The van der Waals surface area contributed by atoms with Crippen LogP contribution < -0.4 is 10.7 Å². The van der Waals surface area contributed by atoms with Crippen molar-refractivity contribution in [3.63, 3.8) is 0 Å². The highest BCUT2D eigenvalue weighted by Crippen LogP contribution is 2.43. The van der Waals surface area contributed by atoms with Crippen molar-refractivity contribution < 1.29 is 12.8 Å². The molecule has 6 rings (SSSR count). The molecular weight excluding hydrogens is 564 g/mol. The van der Waals surface area contributed by atoms with Crippen molar-refractivity contribution in [2.45, 2.75) is 32.6 Å². The van der Waals surface area contributed by atoms with E-state index in [-0.39, 0.29) is 4.90 Å². The first-order chi connectivity index (χ1) is 20.1. The summed E-state index contributed by atoms with van der Waals surface area (Å²) < 4.78 is 31.8. The van der Waals surface area contributed by atoms with Gasteiger partial charge in [0.2, 0.25) is 0 Å². The highest BCUT2D eigenvalue weighted by Gasteiger charge is 2.23. The number of halogens is 1. The maximum atomic E-state index is 12.7. The van der Waals surface area contributed by atoms with Gasteiger partial charge in [-0.15, -0.1) is 0 Å². The number of nitrogens with one attached hydrogen (secondary N) is 1. The minimum Gasteiger partial charge on any atom is -0.456 e. The zero-order valence-electron chi connectivity index (χ0n) is 23.7. The molecule has 5 nitrogen and oxygen atoms in total. The Kier molecular flexibility index (Phi) is 7.13. The molecule has 7 heteroatoms. The Balaban J connectivity index is 1.64. The molecule has 42 heavy (non-hydrogen) atoms. The number of rotatable bonds is 5.